The maximum Gasteiger partial charge on any atom is 0.175 e. The zero-order valence-corrected chi connectivity index (χ0v) is 39.2. The Balaban J connectivity index is 0.849. The molecule has 0 spiro atoms. The number of allylic oxidation sites excluding steroid dienone is 4. The van der Waals surface area contributed by atoms with Crippen LogP contribution in [0, 0.1) is 0 Å². The van der Waals surface area contributed by atoms with Crippen LogP contribution in [-0.4, -0.2) is 17.2 Å². The van der Waals surface area contributed by atoms with Crippen LogP contribution in [-0.2, 0) is 0 Å². The van der Waals surface area contributed by atoms with E-state index in [-0.39, 0.29) is 0 Å². The molecule has 10 aromatic carbocycles. The fourth-order valence-corrected chi connectivity index (χ4v) is 16.4. The minimum absolute atomic E-state index is 1.08. The topological polar surface area (TPSA) is 9.86 Å². The molecular weight excluding hydrogens is 849 g/mol. The lowest BCUT2D eigenvalue weighted by Crippen LogP contribution is -2.68. The fraction of sp³-hybridized carbons (Fsp3) is 0.0303. The first-order valence-electron chi connectivity index (χ1n) is 24.1. The van der Waals surface area contributed by atoms with E-state index in [4.69, 9.17) is 0 Å². The van der Waals surface area contributed by atoms with Gasteiger partial charge >= 0.3 is 0 Å². The van der Waals surface area contributed by atoms with Gasteiger partial charge in [0.15, 0.2) is 8.07 Å². The molecule has 326 valence electrons. The second-order valence-corrected chi connectivity index (χ2v) is 22.2. The van der Waals surface area contributed by atoms with Gasteiger partial charge in [0.2, 0.25) is 0 Å². The summed E-state index contributed by atoms with van der Waals surface area (Å²) in [5.74, 6) is 0. The third-order valence-corrected chi connectivity index (χ3v) is 19.6. The van der Waals surface area contributed by atoms with Crippen LogP contribution in [0.25, 0.3) is 88.4 Å². The van der Waals surface area contributed by atoms with Crippen LogP contribution < -0.4 is 15.6 Å². The minimum atomic E-state index is -2.51. The van der Waals surface area contributed by atoms with E-state index in [0.717, 1.165) is 24.2 Å². The zero-order valence-electron chi connectivity index (χ0n) is 38.2. The Kier molecular flexibility index (Phi) is 10.0. The second kappa shape index (κ2) is 17.0. The first kappa shape index (κ1) is 40.7. The van der Waals surface area contributed by atoms with Crippen LogP contribution in [0.5, 0.6) is 0 Å². The standard InChI is InChI=1S/C66H48N2Si/c1-5-17-47(18-6-1)48-29-37-53(38-30-48)67-63-27-15-13-25-59(63)61-45-51(35-43-65(61)67)52-36-44-66-62(46-52)60-26-14-16-28-64(60)68(66)54-39-31-49(32-40-54)50-33-41-58(42-34-50)69(55-19-7-2-8-20-55,56-21-9-3-10-22-56)57-23-11-4-12-24-57/h1-11,13-23,25-46H,12,24H2. The van der Waals surface area contributed by atoms with Gasteiger partial charge in [0.05, 0.1) is 22.1 Å². The lowest BCUT2D eigenvalue weighted by molar-refractivity contribution is 1.01. The van der Waals surface area contributed by atoms with E-state index >= 15 is 0 Å². The van der Waals surface area contributed by atoms with Gasteiger partial charge in [-0.05, 0) is 122 Å². The van der Waals surface area contributed by atoms with Gasteiger partial charge in [-0.2, -0.15) is 0 Å². The van der Waals surface area contributed by atoms with Crippen molar-refractivity contribution in [2.24, 2.45) is 0 Å². The molecule has 0 aliphatic heterocycles. The van der Waals surface area contributed by atoms with Gasteiger partial charge in [-0.1, -0.05) is 211 Å². The van der Waals surface area contributed by atoms with Crippen molar-refractivity contribution >= 4 is 67.2 Å². The van der Waals surface area contributed by atoms with E-state index in [2.05, 4.69) is 276 Å². The zero-order chi connectivity index (χ0) is 45.7. The molecule has 0 atom stereocenters. The molecular formula is C66H48N2Si. The molecule has 2 aromatic heterocycles. The molecule has 69 heavy (non-hydrogen) atoms. The van der Waals surface area contributed by atoms with Crippen LogP contribution in [0.2, 0.25) is 0 Å². The summed E-state index contributed by atoms with van der Waals surface area (Å²) in [5, 5.41) is 10.8. The number of aromatic nitrogens is 2. The van der Waals surface area contributed by atoms with Gasteiger partial charge in [-0.25, -0.2) is 0 Å². The quantitative estimate of drug-likeness (QED) is 0.101. The largest absolute Gasteiger partial charge is 0.309 e. The number of rotatable bonds is 9. The average molecular weight is 897 g/mol. The summed E-state index contributed by atoms with van der Waals surface area (Å²) in [6.45, 7) is 0. The average Bonchev–Trinajstić information content (AvgIpc) is 3.95. The van der Waals surface area contributed by atoms with Gasteiger partial charge in [0.1, 0.15) is 0 Å². The summed E-state index contributed by atoms with van der Waals surface area (Å²) in [6, 6.07) is 92.3. The van der Waals surface area contributed by atoms with Crippen molar-refractivity contribution in [3.63, 3.8) is 0 Å². The summed E-state index contributed by atoms with van der Waals surface area (Å²) >= 11 is 0. The molecule has 0 amide bonds. The van der Waals surface area contributed by atoms with Crippen LogP contribution in [0.1, 0.15) is 12.8 Å². The van der Waals surface area contributed by atoms with Crippen molar-refractivity contribution in [3.05, 3.63) is 272 Å². The van der Waals surface area contributed by atoms with E-state index in [1.54, 1.807) is 5.20 Å². The third-order valence-electron chi connectivity index (χ3n) is 14.6. The van der Waals surface area contributed by atoms with Gasteiger partial charge in [-0.15, -0.1) is 0 Å². The van der Waals surface area contributed by atoms with Crippen molar-refractivity contribution in [3.8, 4) is 44.8 Å². The molecule has 3 heteroatoms. The Hall–Kier alpha value is -8.50. The summed E-state index contributed by atoms with van der Waals surface area (Å²) in [5.41, 5.74) is 14.4. The predicted molar refractivity (Wildman–Crippen MR) is 295 cm³/mol. The predicted octanol–water partition coefficient (Wildman–Crippen LogP) is 15.2. The molecule has 2 nitrogen and oxygen atoms in total. The van der Waals surface area contributed by atoms with Gasteiger partial charge in [0, 0.05) is 32.9 Å². The molecule has 0 fully saturated rings. The summed E-state index contributed by atoms with van der Waals surface area (Å²) in [7, 11) is -2.51. The Morgan fingerprint density at radius 1 is 0.304 bits per heavy atom. The van der Waals surface area contributed by atoms with E-state index in [0.29, 0.717) is 0 Å². The number of hydrogen-bond donors (Lipinski definition) is 0. The highest BCUT2D eigenvalue weighted by atomic mass is 28.3. The highest BCUT2D eigenvalue weighted by Gasteiger charge is 2.42. The van der Waals surface area contributed by atoms with Crippen molar-refractivity contribution in [1.82, 2.24) is 9.13 Å². The van der Waals surface area contributed by atoms with Crippen molar-refractivity contribution in [1.29, 1.82) is 0 Å². The molecule has 0 N–H and O–H groups in total. The summed E-state index contributed by atoms with van der Waals surface area (Å²) in [6.07, 6.45) is 9.13. The summed E-state index contributed by atoms with van der Waals surface area (Å²) < 4.78 is 4.83. The first-order chi connectivity index (χ1) is 34.2. The number of para-hydroxylation sites is 2. The highest BCUT2D eigenvalue weighted by Crippen LogP contribution is 2.39. The van der Waals surface area contributed by atoms with E-state index in [1.807, 2.05) is 0 Å². The molecule has 2 heterocycles. The molecule has 0 bridgehead atoms. The molecule has 1 aliphatic rings. The summed E-state index contributed by atoms with van der Waals surface area (Å²) in [4.78, 5) is 0. The molecule has 13 rings (SSSR count). The molecule has 0 radical (unpaired) electrons. The SMILES string of the molecule is C1=CCCC([Si](c2ccccc2)(c2ccccc2)c2ccc(-c3ccc(-n4c5ccccc5c5cc(-c6ccc7c(c6)c6ccccc6n7-c6ccc(-c7ccccc7)cc6)ccc54)cc3)cc2)=C1. The third kappa shape index (κ3) is 6.85. The van der Waals surface area contributed by atoms with Crippen LogP contribution in [0.3, 0.4) is 0 Å². The maximum atomic E-state index is 2.42. The fourth-order valence-electron chi connectivity index (χ4n) is 11.4. The first-order valence-corrected chi connectivity index (χ1v) is 26.1. The molecule has 1 aliphatic carbocycles. The number of benzene rings is 10. The number of fused-ring (bicyclic) bond motifs is 6. The molecule has 12 aromatic rings. The van der Waals surface area contributed by atoms with Crippen LogP contribution in [0.15, 0.2) is 272 Å². The van der Waals surface area contributed by atoms with E-state index < -0.39 is 8.07 Å². The van der Waals surface area contributed by atoms with Gasteiger partial charge < -0.3 is 9.13 Å². The molecule has 0 saturated heterocycles. The monoisotopic (exact) mass is 896 g/mol. The number of nitrogens with zero attached hydrogens (tertiary/aromatic N) is 2. The lowest BCUT2D eigenvalue weighted by atomic mass is 10.0. The minimum Gasteiger partial charge on any atom is -0.309 e. The maximum absolute atomic E-state index is 2.51. The second-order valence-electron chi connectivity index (χ2n) is 18.3. The Bertz CT molecular complexity index is 3860. The van der Waals surface area contributed by atoms with Crippen molar-refractivity contribution in [2.75, 3.05) is 0 Å². The van der Waals surface area contributed by atoms with Gasteiger partial charge in [-0.3, -0.25) is 0 Å². The lowest BCUT2D eigenvalue weighted by Gasteiger charge is -2.37. The van der Waals surface area contributed by atoms with E-state index in [1.165, 1.54) is 92.6 Å². The van der Waals surface area contributed by atoms with E-state index in [9.17, 15) is 0 Å². The number of hydrogen-bond acceptors (Lipinski definition) is 0. The Morgan fingerprint density at radius 3 is 1.14 bits per heavy atom. The van der Waals surface area contributed by atoms with Crippen LogP contribution in [0.4, 0.5) is 0 Å². The normalized spacial score (nSPS) is 12.8. The highest BCUT2D eigenvalue weighted by molar-refractivity contribution is 7.16. The van der Waals surface area contributed by atoms with Crippen molar-refractivity contribution < 1.29 is 0 Å². The molecule has 0 saturated carbocycles. The van der Waals surface area contributed by atoms with Gasteiger partial charge in [0.25, 0.3) is 0 Å². The Labute approximate surface area is 404 Å². The van der Waals surface area contributed by atoms with Crippen LogP contribution >= 0.6 is 0 Å². The van der Waals surface area contributed by atoms with Crippen molar-refractivity contribution in [2.45, 2.75) is 12.8 Å². The smallest absolute Gasteiger partial charge is 0.175 e. The molecule has 0 unspecified atom stereocenters. The Morgan fingerprint density at radius 2 is 0.681 bits per heavy atom.